The Hall–Kier alpha value is -3.58. The summed E-state index contributed by atoms with van der Waals surface area (Å²) in [5, 5.41) is 14.3. The van der Waals surface area contributed by atoms with Crippen LogP contribution in [0, 0.1) is 0 Å². The van der Waals surface area contributed by atoms with Gasteiger partial charge in [-0.25, -0.2) is 4.99 Å². The van der Waals surface area contributed by atoms with Crippen molar-refractivity contribution in [1.29, 1.82) is 0 Å². The summed E-state index contributed by atoms with van der Waals surface area (Å²) in [6.07, 6.45) is 1.93. The van der Waals surface area contributed by atoms with Crippen molar-refractivity contribution < 1.29 is 19.4 Å². The van der Waals surface area contributed by atoms with Crippen LogP contribution in [0.3, 0.4) is 0 Å². The predicted octanol–water partition coefficient (Wildman–Crippen LogP) is 5.15. The molecule has 2 N–H and O–H groups in total. The Balaban J connectivity index is 1.50. The summed E-state index contributed by atoms with van der Waals surface area (Å²) in [5.41, 5.74) is 2.27. The van der Waals surface area contributed by atoms with Gasteiger partial charge < -0.3 is 15.2 Å². The molecule has 162 valence electrons. The van der Waals surface area contributed by atoms with Gasteiger partial charge in [-0.15, -0.1) is 0 Å². The first-order valence-electron chi connectivity index (χ1n) is 10.2. The molecule has 0 aliphatic carbocycles. The van der Waals surface area contributed by atoms with Crippen molar-refractivity contribution in [3.63, 3.8) is 0 Å². The second kappa shape index (κ2) is 9.28. The second-order valence-electron chi connectivity index (χ2n) is 7.65. The number of carboxylic acid groups (broad SMARTS) is 1. The lowest BCUT2D eigenvalue weighted by Gasteiger charge is -2.10. The maximum absolute atomic E-state index is 12.4. The Morgan fingerprint density at radius 2 is 1.81 bits per heavy atom. The normalized spacial score (nSPS) is 16.2. The zero-order valence-corrected chi connectivity index (χ0v) is 18.5. The molecule has 7 heteroatoms. The number of ether oxygens (including phenoxy) is 1. The van der Waals surface area contributed by atoms with Crippen molar-refractivity contribution >= 4 is 51.3 Å². The van der Waals surface area contributed by atoms with Gasteiger partial charge in [-0.2, -0.15) is 0 Å². The number of aliphatic carboxylic acids is 1. The Morgan fingerprint density at radius 1 is 1.09 bits per heavy atom. The van der Waals surface area contributed by atoms with Gasteiger partial charge in [-0.05, 0) is 83.9 Å². The van der Waals surface area contributed by atoms with E-state index in [0.717, 1.165) is 22.1 Å². The molecule has 1 aliphatic rings. The van der Waals surface area contributed by atoms with Gasteiger partial charge in [0.2, 0.25) is 0 Å². The molecule has 0 saturated carbocycles. The highest BCUT2D eigenvalue weighted by molar-refractivity contribution is 8.18. The third-order valence-electron chi connectivity index (χ3n) is 4.68. The van der Waals surface area contributed by atoms with Crippen LogP contribution in [-0.4, -0.2) is 28.3 Å². The number of nitrogens with one attached hydrogen (secondary N) is 1. The number of amidine groups is 1. The number of carboxylic acids is 1. The van der Waals surface area contributed by atoms with Crippen LogP contribution in [0.5, 0.6) is 5.75 Å². The van der Waals surface area contributed by atoms with E-state index < -0.39 is 5.97 Å². The topological polar surface area (TPSA) is 88.0 Å². The average Bonchev–Trinajstić information content (AvgIpc) is 3.07. The van der Waals surface area contributed by atoms with Crippen molar-refractivity contribution in [3.8, 4) is 5.75 Å². The number of hydrogen-bond donors (Lipinski definition) is 2. The standard InChI is InChI=1S/C25H22N2O4S/c1-15(2)31-21-10-7-18-11-17(3-6-19(18)14-21)12-22-24(30)27-25(32-22)26-20-8-4-16(5-9-20)13-23(28)29/h3-12,14-15H,13H2,1-2H3,(H,28,29)(H,26,27,30)/b22-12+. The van der Waals surface area contributed by atoms with Gasteiger partial charge in [0.1, 0.15) is 5.75 Å². The molecule has 1 amide bonds. The maximum Gasteiger partial charge on any atom is 0.307 e. The number of amides is 1. The van der Waals surface area contributed by atoms with Crippen molar-refractivity contribution in [1.82, 2.24) is 5.32 Å². The summed E-state index contributed by atoms with van der Waals surface area (Å²) in [5.74, 6) is -0.242. The van der Waals surface area contributed by atoms with E-state index in [1.807, 2.05) is 56.3 Å². The van der Waals surface area contributed by atoms with E-state index in [9.17, 15) is 9.59 Å². The third kappa shape index (κ3) is 5.36. The molecule has 0 aromatic heterocycles. The predicted molar refractivity (Wildman–Crippen MR) is 128 cm³/mol. The lowest BCUT2D eigenvalue weighted by Crippen LogP contribution is -2.19. The van der Waals surface area contributed by atoms with Gasteiger partial charge in [-0.3, -0.25) is 9.59 Å². The minimum absolute atomic E-state index is 0.0347. The lowest BCUT2D eigenvalue weighted by atomic mass is 10.1. The van der Waals surface area contributed by atoms with E-state index in [4.69, 9.17) is 9.84 Å². The van der Waals surface area contributed by atoms with Gasteiger partial charge in [0.05, 0.1) is 23.1 Å². The number of aliphatic imine (C=N–C) groups is 1. The number of benzene rings is 3. The summed E-state index contributed by atoms with van der Waals surface area (Å²) in [6.45, 7) is 3.99. The van der Waals surface area contributed by atoms with Crippen LogP contribution >= 0.6 is 11.8 Å². The Labute approximate surface area is 190 Å². The highest BCUT2D eigenvalue weighted by atomic mass is 32.2. The molecule has 4 rings (SSSR count). The molecule has 0 spiro atoms. The first kappa shape index (κ1) is 21.6. The Kier molecular flexibility index (Phi) is 6.28. The van der Waals surface area contributed by atoms with Crippen LogP contribution in [-0.2, 0) is 16.0 Å². The molecule has 0 unspecified atom stereocenters. The number of carbonyl (C=O) groups excluding carboxylic acids is 1. The lowest BCUT2D eigenvalue weighted by molar-refractivity contribution is -0.136. The summed E-state index contributed by atoms with van der Waals surface area (Å²) < 4.78 is 5.75. The molecule has 32 heavy (non-hydrogen) atoms. The molecule has 0 bridgehead atoms. The third-order valence-corrected chi connectivity index (χ3v) is 5.59. The molecule has 6 nitrogen and oxygen atoms in total. The van der Waals surface area contributed by atoms with Crippen LogP contribution in [0.4, 0.5) is 5.69 Å². The van der Waals surface area contributed by atoms with Gasteiger partial charge >= 0.3 is 5.97 Å². The number of carbonyl (C=O) groups is 2. The molecule has 1 saturated heterocycles. The Morgan fingerprint density at radius 3 is 2.53 bits per heavy atom. The van der Waals surface area contributed by atoms with Gasteiger partial charge in [0, 0.05) is 0 Å². The van der Waals surface area contributed by atoms with E-state index in [1.54, 1.807) is 24.3 Å². The molecule has 0 radical (unpaired) electrons. The summed E-state index contributed by atoms with van der Waals surface area (Å²) >= 11 is 1.27. The fourth-order valence-electron chi connectivity index (χ4n) is 3.29. The van der Waals surface area contributed by atoms with E-state index in [-0.39, 0.29) is 18.4 Å². The van der Waals surface area contributed by atoms with Crippen LogP contribution in [0.1, 0.15) is 25.0 Å². The van der Waals surface area contributed by atoms with E-state index in [2.05, 4.69) is 10.3 Å². The highest BCUT2D eigenvalue weighted by Crippen LogP contribution is 2.29. The smallest absolute Gasteiger partial charge is 0.307 e. The van der Waals surface area contributed by atoms with Gasteiger partial charge in [0.25, 0.3) is 5.91 Å². The first-order valence-corrected chi connectivity index (χ1v) is 11.0. The van der Waals surface area contributed by atoms with Crippen LogP contribution in [0.25, 0.3) is 16.8 Å². The molecular weight excluding hydrogens is 424 g/mol. The summed E-state index contributed by atoms with van der Waals surface area (Å²) in [4.78, 5) is 28.2. The number of fused-ring (bicyclic) bond motifs is 1. The van der Waals surface area contributed by atoms with E-state index in [1.165, 1.54) is 11.8 Å². The fraction of sp³-hybridized carbons (Fsp3) is 0.160. The van der Waals surface area contributed by atoms with E-state index >= 15 is 0 Å². The number of rotatable bonds is 6. The van der Waals surface area contributed by atoms with Gasteiger partial charge in [-0.1, -0.05) is 30.3 Å². The van der Waals surface area contributed by atoms with Crippen molar-refractivity contribution in [2.75, 3.05) is 0 Å². The molecular formula is C25H22N2O4S. The average molecular weight is 447 g/mol. The van der Waals surface area contributed by atoms with Crippen molar-refractivity contribution in [2.45, 2.75) is 26.4 Å². The van der Waals surface area contributed by atoms with Crippen molar-refractivity contribution in [2.24, 2.45) is 4.99 Å². The number of nitrogens with zero attached hydrogens (tertiary/aromatic N) is 1. The zero-order chi connectivity index (χ0) is 22.7. The van der Waals surface area contributed by atoms with Gasteiger partial charge in [0.15, 0.2) is 5.17 Å². The quantitative estimate of drug-likeness (QED) is 0.512. The molecule has 1 heterocycles. The molecule has 3 aromatic rings. The second-order valence-corrected chi connectivity index (χ2v) is 8.68. The minimum Gasteiger partial charge on any atom is -0.491 e. The number of thioether (sulfide) groups is 1. The minimum atomic E-state index is -0.879. The summed E-state index contributed by atoms with van der Waals surface area (Å²) in [6, 6.07) is 18.9. The SMILES string of the molecule is CC(C)Oc1ccc2cc(/C=C3/SC(=Nc4ccc(CC(=O)O)cc4)NC3=O)ccc2c1. The van der Waals surface area contributed by atoms with Crippen LogP contribution in [0.2, 0.25) is 0 Å². The van der Waals surface area contributed by atoms with Crippen molar-refractivity contribution in [3.05, 3.63) is 76.7 Å². The monoisotopic (exact) mass is 446 g/mol. The fourth-order valence-corrected chi connectivity index (χ4v) is 4.13. The highest BCUT2D eigenvalue weighted by Gasteiger charge is 2.23. The molecule has 1 fully saturated rings. The maximum atomic E-state index is 12.4. The zero-order valence-electron chi connectivity index (χ0n) is 17.7. The molecule has 3 aromatic carbocycles. The Bertz CT molecular complexity index is 1250. The van der Waals surface area contributed by atoms with Crippen LogP contribution in [0.15, 0.2) is 70.6 Å². The molecule has 1 aliphatic heterocycles. The molecule has 0 atom stereocenters. The first-order chi connectivity index (χ1) is 15.4. The number of hydrogen-bond acceptors (Lipinski definition) is 5. The summed E-state index contributed by atoms with van der Waals surface area (Å²) in [7, 11) is 0. The van der Waals surface area contributed by atoms with E-state index in [0.29, 0.717) is 21.3 Å². The van der Waals surface area contributed by atoms with Crippen LogP contribution < -0.4 is 10.1 Å². The largest absolute Gasteiger partial charge is 0.491 e.